The van der Waals surface area contributed by atoms with Crippen molar-refractivity contribution < 1.29 is 14.7 Å². The first-order valence-corrected chi connectivity index (χ1v) is 9.07. The van der Waals surface area contributed by atoms with Gasteiger partial charge in [-0.15, -0.1) is 11.8 Å². The second-order valence-electron chi connectivity index (χ2n) is 5.56. The summed E-state index contributed by atoms with van der Waals surface area (Å²) in [5, 5.41) is 17.9. The lowest BCUT2D eigenvalue weighted by Gasteiger charge is -2.21. The van der Waals surface area contributed by atoms with E-state index in [-0.39, 0.29) is 30.4 Å². The van der Waals surface area contributed by atoms with Crippen LogP contribution in [0.3, 0.4) is 0 Å². The Labute approximate surface area is 156 Å². The van der Waals surface area contributed by atoms with Crippen LogP contribution in [0.2, 0.25) is 0 Å². The third-order valence-corrected chi connectivity index (χ3v) is 4.80. The number of hydrogen-bond acceptors (Lipinski definition) is 5. The second kappa shape index (κ2) is 9.59. The lowest BCUT2D eigenvalue weighted by Crippen LogP contribution is -2.36. The molecule has 1 N–H and O–H groups in total. The van der Waals surface area contributed by atoms with Gasteiger partial charge in [-0.05, 0) is 29.7 Å². The van der Waals surface area contributed by atoms with Crippen molar-refractivity contribution in [1.82, 2.24) is 9.88 Å². The number of carbonyl (C=O) groups excluding carboxylic acids is 1. The van der Waals surface area contributed by atoms with Gasteiger partial charge in [0.05, 0.1) is 5.75 Å². The van der Waals surface area contributed by atoms with Crippen molar-refractivity contribution in [3.63, 3.8) is 0 Å². The lowest BCUT2D eigenvalue weighted by atomic mass is 10.2. The van der Waals surface area contributed by atoms with Gasteiger partial charge in [-0.25, -0.2) is 4.98 Å². The van der Waals surface area contributed by atoms with Gasteiger partial charge < -0.3 is 10.0 Å². The Hall–Kier alpha value is -2.85. The number of carboxylic acid groups (broad SMARTS) is 1. The number of aromatic nitrogens is 1. The molecule has 0 radical (unpaired) electrons. The zero-order valence-corrected chi connectivity index (χ0v) is 15.2. The number of amides is 1. The summed E-state index contributed by atoms with van der Waals surface area (Å²) in [7, 11) is 0. The predicted molar refractivity (Wildman–Crippen MR) is 98.5 cm³/mol. The summed E-state index contributed by atoms with van der Waals surface area (Å²) in [5.74, 6) is -1.17. The van der Waals surface area contributed by atoms with E-state index in [0.717, 1.165) is 16.9 Å². The molecule has 0 saturated carbocycles. The van der Waals surface area contributed by atoms with E-state index in [4.69, 9.17) is 10.4 Å². The Morgan fingerprint density at radius 1 is 1.27 bits per heavy atom. The number of aryl methyl sites for hydroxylation is 1. The number of hydrogen-bond donors (Lipinski definition) is 1. The maximum Gasteiger partial charge on any atom is 0.323 e. The van der Waals surface area contributed by atoms with E-state index in [1.54, 1.807) is 12.1 Å². The van der Waals surface area contributed by atoms with E-state index in [2.05, 4.69) is 11.9 Å². The van der Waals surface area contributed by atoms with Gasteiger partial charge in [0.15, 0.2) is 0 Å². The molecule has 2 aromatic rings. The van der Waals surface area contributed by atoms with Crippen LogP contribution in [0, 0.1) is 11.3 Å². The molecule has 134 valence electrons. The first-order valence-electron chi connectivity index (χ1n) is 8.08. The second-order valence-corrected chi connectivity index (χ2v) is 6.57. The molecule has 1 aromatic carbocycles. The van der Waals surface area contributed by atoms with Crippen molar-refractivity contribution in [3.8, 4) is 6.07 Å². The van der Waals surface area contributed by atoms with Gasteiger partial charge in [0.25, 0.3) is 0 Å². The normalized spacial score (nSPS) is 10.2. The summed E-state index contributed by atoms with van der Waals surface area (Å²) < 4.78 is 0. The fourth-order valence-corrected chi connectivity index (χ4v) is 3.40. The molecule has 0 atom stereocenters. The molecule has 1 aromatic heterocycles. The molecule has 0 saturated heterocycles. The third-order valence-electron chi connectivity index (χ3n) is 3.70. The minimum atomic E-state index is -1.07. The van der Waals surface area contributed by atoms with Crippen LogP contribution >= 0.6 is 11.8 Å². The molecule has 6 nitrogen and oxygen atoms in total. The monoisotopic (exact) mass is 369 g/mol. The summed E-state index contributed by atoms with van der Waals surface area (Å²) in [6.07, 6.45) is 2.35. The molecule has 26 heavy (non-hydrogen) atoms. The van der Waals surface area contributed by atoms with Crippen LogP contribution in [0.4, 0.5) is 0 Å². The Bertz CT molecular complexity index is 816. The van der Waals surface area contributed by atoms with E-state index >= 15 is 0 Å². The first kappa shape index (κ1) is 19.5. The Morgan fingerprint density at radius 2 is 2.04 bits per heavy atom. The number of nitrogens with zero attached hydrogens (tertiary/aromatic N) is 3. The number of aliphatic carboxylic acids is 1. The molecule has 0 aliphatic carbocycles. The molecule has 1 heterocycles. The molecule has 2 rings (SSSR count). The minimum Gasteiger partial charge on any atom is -0.480 e. The molecule has 0 fully saturated rings. The number of benzene rings is 1. The van der Waals surface area contributed by atoms with Gasteiger partial charge in [-0.1, -0.05) is 31.2 Å². The van der Waals surface area contributed by atoms with Crippen molar-refractivity contribution in [2.75, 3.05) is 12.3 Å². The van der Waals surface area contributed by atoms with Crippen LogP contribution in [-0.2, 0) is 22.6 Å². The summed E-state index contributed by atoms with van der Waals surface area (Å²) in [4.78, 5) is 29.9. The van der Waals surface area contributed by atoms with Crippen LogP contribution in [-0.4, -0.2) is 39.2 Å². The highest BCUT2D eigenvalue weighted by molar-refractivity contribution is 8.00. The van der Waals surface area contributed by atoms with Crippen LogP contribution in [0.15, 0.2) is 47.5 Å². The fourth-order valence-electron chi connectivity index (χ4n) is 2.37. The number of carbonyl (C=O) groups is 2. The molecule has 0 aliphatic heterocycles. The molecule has 7 heteroatoms. The van der Waals surface area contributed by atoms with E-state index in [1.807, 2.05) is 30.3 Å². The first-order chi connectivity index (χ1) is 12.5. The van der Waals surface area contributed by atoms with E-state index in [1.165, 1.54) is 22.9 Å². The highest BCUT2D eigenvalue weighted by Crippen LogP contribution is 2.23. The van der Waals surface area contributed by atoms with Crippen molar-refractivity contribution in [1.29, 1.82) is 5.26 Å². The quantitative estimate of drug-likeness (QED) is 0.719. The SMILES string of the molecule is CCc1ccccc1SCC(=O)N(CC(=O)O)Cc1ccc(C#N)nc1. The smallest absolute Gasteiger partial charge is 0.323 e. The van der Waals surface area contributed by atoms with Crippen molar-refractivity contribution in [3.05, 3.63) is 59.4 Å². The average Bonchev–Trinajstić information content (AvgIpc) is 2.66. The highest BCUT2D eigenvalue weighted by Gasteiger charge is 2.18. The molecule has 0 aliphatic rings. The molecule has 1 amide bonds. The molecular formula is C19H19N3O3S. The van der Waals surface area contributed by atoms with Crippen molar-refractivity contribution in [2.45, 2.75) is 24.8 Å². The topological polar surface area (TPSA) is 94.3 Å². The highest BCUT2D eigenvalue weighted by atomic mass is 32.2. The maximum absolute atomic E-state index is 12.5. The van der Waals surface area contributed by atoms with Gasteiger partial charge >= 0.3 is 5.97 Å². The fraction of sp³-hybridized carbons (Fsp3) is 0.263. The summed E-state index contributed by atoms with van der Waals surface area (Å²) in [6.45, 7) is 1.81. The number of thioether (sulfide) groups is 1. The van der Waals surface area contributed by atoms with Crippen molar-refractivity contribution in [2.24, 2.45) is 0 Å². The zero-order chi connectivity index (χ0) is 18.9. The number of carboxylic acids is 1. The van der Waals surface area contributed by atoms with Crippen LogP contribution < -0.4 is 0 Å². The van der Waals surface area contributed by atoms with Gasteiger partial charge in [0.1, 0.15) is 18.3 Å². The summed E-state index contributed by atoms with van der Waals surface area (Å²) >= 11 is 1.41. The molecular weight excluding hydrogens is 350 g/mol. The van der Waals surface area contributed by atoms with Gasteiger partial charge in [0, 0.05) is 17.6 Å². The van der Waals surface area contributed by atoms with E-state index in [9.17, 15) is 9.59 Å². The summed E-state index contributed by atoms with van der Waals surface area (Å²) in [6, 6.07) is 13.0. The molecule has 0 spiro atoms. The van der Waals surface area contributed by atoms with E-state index in [0.29, 0.717) is 5.56 Å². The van der Waals surface area contributed by atoms with Crippen LogP contribution in [0.25, 0.3) is 0 Å². The minimum absolute atomic E-state index is 0.139. The van der Waals surface area contributed by atoms with Crippen LogP contribution in [0.5, 0.6) is 0 Å². The van der Waals surface area contributed by atoms with Gasteiger partial charge in [-0.2, -0.15) is 5.26 Å². The Morgan fingerprint density at radius 3 is 2.65 bits per heavy atom. The van der Waals surface area contributed by atoms with E-state index < -0.39 is 5.97 Å². The van der Waals surface area contributed by atoms with Gasteiger partial charge in [-0.3, -0.25) is 9.59 Å². The van der Waals surface area contributed by atoms with Crippen LogP contribution in [0.1, 0.15) is 23.7 Å². The zero-order valence-electron chi connectivity index (χ0n) is 14.4. The largest absolute Gasteiger partial charge is 0.480 e. The number of rotatable bonds is 8. The van der Waals surface area contributed by atoms with Crippen molar-refractivity contribution >= 4 is 23.6 Å². The number of nitriles is 1. The maximum atomic E-state index is 12.5. The predicted octanol–water partition coefficient (Wildman–Crippen LogP) is 2.72. The van der Waals surface area contributed by atoms with Gasteiger partial charge in [0.2, 0.25) is 5.91 Å². The molecule has 0 unspecified atom stereocenters. The number of pyridine rings is 1. The average molecular weight is 369 g/mol. The molecule has 0 bridgehead atoms. The Kier molecular flexibility index (Phi) is 7.18. The lowest BCUT2D eigenvalue weighted by molar-refractivity contribution is -0.143. The standard InChI is InChI=1S/C19H19N3O3S/c1-2-15-5-3-4-6-17(15)26-13-18(23)22(12-19(24)25)11-14-7-8-16(9-20)21-10-14/h3-8,10H,2,11-13H2,1H3,(H,24,25). The summed E-state index contributed by atoms with van der Waals surface area (Å²) in [5.41, 5.74) is 2.11. The third kappa shape index (κ3) is 5.60. The Balaban J connectivity index is 2.06.